The van der Waals surface area contributed by atoms with Crippen LogP contribution in [0.2, 0.25) is 0 Å². The van der Waals surface area contributed by atoms with Crippen molar-refractivity contribution < 1.29 is 28.6 Å². The lowest BCUT2D eigenvalue weighted by Crippen LogP contribution is -2.28. The molecule has 0 atom stereocenters. The lowest BCUT2D eigenvalue weighted by atomic mass is 9.98. The fourth-order valence-corrected chi connectivity index (χ4v) is 4.58. The highest BCUT2D eigenvalue weighted by atomic mass is 16.6. The second kappa shape index (κ2) is 15.2. The number of furan rings is 1. The zero-order valence-corrected chi connectivity index (χ0v) is 23.5. The Balaban J connectivity index is 1.90. The topological polar surface area (TPSA) is 115 Å². The van der Waals surface area contributed by atoms with Crippen molar-refractivity contribution in [1.29, 1.82) is 0 Å². The number of aliphatic carboxylic acids is 1. The molecule has 0 aliphatic rings. The van der Waals surface area contributed by atoms with Crippen LogP contribution in [0.25, 0.3) is 22.1 Å². The van der Waals surface area contributed by atoms with Gasteiger partial charge in [-0.25, -0.2) is 9.59 Å². The van der Waals surface area contributed by atoms with Gasteiger partial charge in [0.25, 0.3) is 0 Å². The molecule has 3 N–H and O–H groups in total. The van der Waals surface area contributed by atoms with Crippen molar-refractivity contribution in [2.45, 2.75) is 72.1 Å². The minimum Gasteiger partial charge on any atom is -0.494 e. The third-order valence-electron chi connectivity index (χ3n) is 6.68. The van der Waals surface area contributed by atoms with E-state index in [1.54, 1.807) is 24.3 Å². The maximum absolute atomic E-state index is 12.0. The molecule has 3 rings (SSSR count). The number of esters is 1. The fraction of sp³-hybridized carbons (Fsp3) is 0.484. The number of fused-ring (bicyclic) bond motifs is 1. The molecule has 0 saturated carbocycles. The Morgan fingerprint density at radius 3 is 2.28 bits per heavy atom. The highest BCUT2D eigenvalue weighted by molar-refractivity contribution is 6.29. The van der Waals surface area contributed by atoms with Crippen molar-refractivity contribution in [3.05, 3.63) is 42.2 Å². The SMILES string of the molecule is CCCCc1oc2ccc(N)cc2c1-c1cc(OCCCN(CCCC)CCCC)ccc1OC(=O)C(=O)O. The first-order valence-electron chi connectivity index (χ1n) is 14.1. The van der Waals surface area contributed by atoms with Crippen molar-refractivity contribution in [2.75, 3.05) is 32.0 Å². The number of rotatable bonds is 16. The number of carboxylic acids is 1. The maximum Gasteiger partial charge on any atom is 0.422 e. The number of hydrogen-bond donors (Lipinski definition) is 2. The van der Waals surface area contributed by atoms with E-state index in [0.29, 0.717) is 35.6 Å². The molecule has 8 heteroatoms. The smallest absolute Gasteiger partial charge is 0.422 e. The van der Waals surface area contributed by atoms with Crippen LogP contribution in [-0.4, -0.2) is 48.2 Å². The first kappa shape index (κ1) is 30.0. The Labute approximate surface area is 231 Å². The van der Waals surface area contributed by atoms with E-state index in [1.807, 2.05) is 12.1 Å². The van der Waals surface area contributed by atoms with Gasteiger partial charge in [-0.3, -0.25) is 0 Å². The molecule has 1 aromatic heterocycles. The van der Waals surface area contributed by atoms with Crippen LogP contribution >= 0.6 is 0 Å². The number of unbranched alkanes of at least 4 members (excludes halogenated alkanes) is 3. The fourth-order valence-electron chi connectivity index (χ4n) is 4.58. The Hall–Kier alpha value is -3.52. The quantitative estimate of drug-likeness (QED) is 0.0682. The summed E-state index contributed by atoms with van der Waals surface area (Å²) >= 11 is 0. The number of carboxylic acid groups (broad SMARTS) is 1. The van der Waals surface area contributed by atoms with Gasteiger partial charge in [0.05, 0.1) is 6.61 Å². The Kier molecular flexibility index (Phi) is 11.7. The van der Waals surface area contributed by atoms with Gasteiger partial charge in [-0.2, -0.15) is 0 Å². The van der Waals surface area contributed by atoms with E-state index in [9.17, 15) is 9.59 Å². The van der Waals surface area contributed by atoms with Crippen LogP contribution < -0.4 is 15.2 Å². The summed E-state index contributed by atoms with van der Waals surface area (Å²) in [5.74, 6) is -1.56. The highest BCUT2D eigenvalue weighted by Crippen LogP contribution is 2.42. The van der Waals surface area contributed by atoms with Crippen molar-refractivity contribution in [3.63, 3.8) is 0 Å². The predicted molar refractivity (Wildman–Crippen MR) is 154 cm³/mol. The monoisotopic (exact) mass is 538 g/mol. The van der Waals surface area contributed by atoms with Crippen LogP contribution in [-0.2, 0) is 16.0 Å². The number of benzene rings is 2. The first-order chi connectivity index (χ1) is 18.9. The molecule has 0 spiro atoms. The van der Waals surface area contributed by atoms with E-state index in [4.69, 9.17) is 24.7 Å². The molecule has 212 valence electrons. The minimum absolute atomic E-state index is 0.128. The van der Waals surface area contributed by atoms with Crippen molar-refractivity contribution in [1.82, 2.24) is 4.90 Å². The number of hydrogen-bond acceptors (Lipinski definition) is 7. The number of carbonyl (C=O) groups is 2. The average Bonchev–Trinajstić information content (AvgIpc) is 3.28. The van der Waals surface area contributed by atoms with Gasteiger partial charge in [-0.1, -0.05) is 40.0 Å². The number of nitrogens with two attached hydrogens (primary N) is 1. The summed E-state index contributed by atoms with van der Waals surface area (Å²) in [6.45, 7) is 10.2. The molecule has 0 saturated heterocycles. The number of aryl methyl sites for hydroxylation is 1. The second-order valence-electron chi connectivity index (χ2n) is 9.86. The number of carbonyl (C=O) groups excluding carboxylic acids is 1. The Morgan fingerprint density at radius 2 is 1.62 bits per heavy atom. The molecule has 0 aliphatic carbocycles. The Morgan fingerprint density at radius 1 is 0.923 bits per heavy atom. The number of ether oxygens (including phenoxy) is 2. The summed E-state index contributed by atoms with van der Waals surface area (Å²) < 4.78 is 17.6. The van der Waals surface area contributed by atoms with E-state index in [1.165, 1.54) is 25.7 Å². The standard InChI is InChI=1S/C31H42N2O6/c1-4-7-11-28-29(24-20-22(32)12-14-26(24)38-28)25-21-23(13-15-27(25)39-31(36)30(34)35)37-19-10-18-33(16-8-5-2)17-9-6-3/h12-15,20-21H,4-11,16-19,32H2,1-3H3,(H,34,35). The normalized spacial score (nSPS) is 11.3. The van der Waals surface area contributed by atoms with Crippen LogP contribution in [0.5, 0.6) is 11.5 Å². The van der Waals surface area contributed by atoms with E-state index < -0.39 is 11.9 Å². The molecule has 39 heavy (non-hydrogen) atoms. The summed E-state index contributed by atoms with van der Waals surface area (Å²) in [6.07, 6.45) is 8.15. The van der Waals surface area contributed by atoms with Crippen LogP contribution in [0.4, 0.5) is 5.69 Å². The number of nitrogens with zero attached hydrogens (tertiary/aromatic N) is 1. The van der Waals surface area contributed by atoms with Crippen LogP contribution in [0.15, 0.2) is 40.8 Å². The highest BCUT2D eigenvalue weighted by Gasteiger charge is 2.23. The molecule has 3 aromatic rings. The predicted octanol–water partition coefficient (Wildman–Crippen LogP) is 6.69. The van der Waals surface area contributed by atoms with Crippen molar-refractivity contribution in [3.8, 4) is 22.6 Å². The van der Waals surface area contributed by atoms with E-state index in [0.717, 1.165) is 55.6 Å². The molecule has 0 unspecified atom stereocenters. The van der Waals surface area contributed by atoms with Gasteiger partial charge >= 0.3 is 11.9 Å². The average molecular weight is 539 g/mol. The van der Waals surface area contributed by atoms with Gasteiger partial charge in [0, 0.05) is 35.2 Å². The van der Waals surface area contributed by atoms with Gasteiger partial charge in [-0.05, 0) is 75.2 Å². The zero-order chi connectivity index (χ0) is 28.2. The molecular formula is C31H42N2O6. The maximum atomic E-state index is 12.0. The molecule has 0 bridgehead atoms. The largest absolute Gasteiger partial charge is 0.494 e. The van der Waals surface area contributed by atoms with E-state index in [2.05, 4.69) is 25.7 Å². The molecule has 0 amide bonds. The van der Waals surface area contributed by atoms with E-state index >= 15 is 0 Å². The van der Waals surface area contributed by atoms with Gasteiger partial charge in [0.1, 0.15) is 22.8 Å². The number of anilines is 1. The van der Waals surface area contributed by atoms with Crippen LogP contribution in [0.1, 0.15) is 71.5 Å². The molecule has 0 radical (unpaired) electrons. The number of nitrogen functional groups attached to an aromatic ring is 1. The summed E-state index contributed by atoms with van der Waals surface area (Å²) in [5.41, 5.74) is 8.59. The first-order valence-corrected chi connectivity index (χ1v) is 14.1. The van der Waals surface area contributed by atoms with Crippen molar-refractivity contribution >= 4 is 28.6 Å². The minimum atomic E-state index is -1.66. The second-order valence-corrected chi connectivity index (χ2v) is 9.86. The third-order valence-corrected chi connectivity index (χ3v) is 6.68. The third kappa shape index (κ3) is 8.48. The molecule has 1 heterocycles. The molecule has 2 aromatic carbocycles. The van der Waals surface area contributed by atoms with Crippen molar-refractivity contribution in [2.24, 2.45) is 0 Å². The van der Waals surface area contributed by atoms with Gasteiger partial charge < -0.3 is 29.6 Å². The van der Waals surface area contributed by atoms with Gasteiger partial charge in [-0.15, -0.1) is 0 Å². The summed E-state index contributed by atoms with van der Waals surface area (Å²) in [7, 11) is 0. The van der Waals surface area contributed by atoms with Crippen LogP contribution in [0, 0.1) is 0 Å². The summed E-state index contributed by atoms with van der Waals surface area (Å²) in [6, 6.07) is 10.5. The van der Waals surface area contributed by atoms with Gasteiger partial charge in [0.15, 0.2) is 0 Å². The van der Waals surface area contributed by atoms with E-state index in [-0.39, 0.29) is 5.75 Å². The lowest BCUT2D eigenvalue weighted by Gasteiger charge is -2.22. The Bertz CT molecular complexity index is 1230. The molecule has 0 aliphatic heterocycles. The summed E-state index contributed by atoms with van der Waals surface area (Å²) in [4.78, 5) is 25.8. The molecular weight excluding hydrogens is 496 g/mol. The van der Waals surface area contributed by atoms with Gasteiger partial charge in [0.2, 0.25) is 0 Å². The van der Waals surface area contributed by atoms with Crippen LogP contribution in [0.3, 0.4) is 0 Å². The zero-order valence-electron chi connectivity index (χ0n) is 23.5. The summed E-state index contributed by atoms with van der Waals surface area (Å²) in [5, 5.41) is 9.93. The lowest BCUT2D eigenvalue weighted by molar-refractivity contribution is -0.158. The molecule has 0 fully saturated rings. The molecule has 8 nitrogen and oxygen atoms in total.